The molecular weight excluding hydrogens is 435 g/mol. The number of pyridine rings is 2. The van der Waals surface area contributed by atoms with E-state index in [0.717, 1.165) is 11.3 Å². The van der Waals surface area contributed by atoms with Crippen molar-refractivity contribution in [3.8, 4) is 5.75 Å². The predicted octanol–water partition coefficient (Wildman–Crippen LogP) is 3.90. The van der Waals surface area contributed by atoms with Crippen molar-refractivity contribution in [2.75, 3.05) is 7.05 Å². The van der Waals surface area contributed by atoms with Gasteiger partial charge in [-0.3, -0.25) is 19.6 Å². The number of phenols is 1. The Morgan fingerprint density at radius 2 is 1.85 bits per heavy atom. The highest BCUT2D eigenvalue weighted by Gasteiger charge is 2.37. The number of hydrogen-bond donors (Lipinski definition) is 1. The Morgan fingerprint density at radius 1 is 1.09 bits per heavy atom. The lowest BCUT2D eigenvalue weighted by Gasteiger charge is -2.20. The number of halogens is 1. The van der Waals surface area contributed by atoms with Crippen molar-refractivity contribution in [2.45, 2.75) is 19.6 Å². The van der Waals surface area contributed by atoms with Crippen LogP contribution in [-0.4, -0.2) is 43.7 Å². The largest absolute Gasteiger partial charge is 0.505 e. The van der Waals surface area contributed by atoms with Crippen molar-refractivity contribution < 1.29 is 19.1 Å². The summed E-state index contributed by atoms with van der Waals surface area (Å²) in [5.41, 5.74) is 2.55. The van der Waals surface area contributed by atoms with Gasteiger partial charge < -0.3 is 14.9 Å². The van der Waals surface area contributed by atoms with Crippen LogP contribution in [0.3, 0.4) is 0 Å². The van der Waals surface area contributed by atoms with E-state index in [4.69, 9.17) is 0 Å². The lowest BCUT2D eigenvalue weighted by atomic mass is 9.95. The lowest BCUT2D eigenvalue weighted by Crippen LogP contribution is -2.28. The molecule has 0 aliphatic carbocycles. The van der Waals surface area contributed by atoms with Crippen LogP contribution >= 0.6 is 0 Å². The fourth-order valence-corrected chi connectivity index (χ4v) is 4.33. The number of benzene rings is 2. The van der Waals surface area contributed by atoms with Crippen molar-refractivity contribution >= 4 is 22.7 Å². The molecule has 0 atom stereocenters. The second kappa shape index (κ2) is 8.55. The van der Waals surface area contributed by atoms with Crippen LogP contribution in [0.25, 0.3) is 10.9 Å². The van der Waals surface area contributed by atoms with Gasteiger partial charge in [-0.2, -0.15) is 0 Å². The monoisotopic (exact) mass is 456 g/mol. The highest BCUT2D eigenvalue weighted by atomic mass is 19.1. The summed E-state index contributed by atoms with van der Waals surface area (Å²) in [6.45, 7) is 0.640. The van der Waals surface area contributed by atoms with E-state index in [1.807, 2.05) is 12.1 Å². The minimum atomic E-state index is -0.397. The van der Waals surface area contributed by atoms with Crippen molar-refractivity contribution in [1.82, 2.24) is 19.8 Å². The molecule has 1 N–H and O–H groups in total. The van der Waals surface area contributed by atoms with E-state index < -0.39 is 5.91 Å². The Balaban J connectivity index is 1.57. The van der Waals surface area contributed by atoms with Crippen molar-refractivity contribution in [2.24, 2.45) is 0 Å². The van der Waals surface area contributed by atoms with E-state index in [-0.39, 0.29) is 48.2 Å². The van der Waals surface area contributed by atoms with Crippen LogP contribution in [0.5, 0.6) is 5.75 Å². The number of aromatic nitrogens is 2. The molecule has 34 heavy (non-hydrogen) atoms. The summed E-state index contributed by atoms with van der Waals surface area (Å²) in [4.78, 5) is 38.6. The molecule has 0 saturated heterocycles. The standard InChI is InChI=1S/C26H21FN4O3/c1-30(14-18-5-2-3-11-28-18)25(33)21-19-6-4-12-29-23(19)24(32)22-20(21)15-31(26(22)34)13-16-7-9-17(27)10-8-16/h2-12,32H,13-15H2,1H3. The van der Waals surface area contributed by atoms with Crippen LogP contribution in [0, 0.1) is 5.82 Å². The molecular formula is C26H21FN4O3. The van der Waals surface area contributed by atoms with Gasteiger partial charge in [-0.05, 0) is 35.9 Å². The Hall–Kier alpha value is -4.33. The smallest absolute Gasteiger partial charge is 0.258 e. The summed E-state index contributed by atoms with van der Waals surface area (Å²) in [6.07, 6.45) is 3.17. The molecule has 1 aliphatic rings. The molecule has 1 aliphatic heterocycles. The second-order valence-electron chi connectivity index (χ2n) is 8.25. The average Bonchev–Trinajstić information content (AvgIpc) is 3.17. The second-order valence-corrected chi connectivity index (χ2v) is 8.25. The van der Waals surface area contributed by atoms with Gasteiger partial charge in [0.05, 0.1) is 23.4 Å². The van der Waals surface area contributed by atoms with Crippen LogP contribution < -0.4 is 0 Å². The van der Waals surface area contributed by atoms with Gasteiger partial charge in [0, 0.05) is 43.5 Å². The third-order valence-corrected chi connectivity index (χ3v) is 5.96. The first kappa shape index (κ1) is 21.5. The molecule has 0 unspecified atom stereocenters. The minimum absolute atomic E-state index is 0.0860. The zero-order valence-electron chi connectivity index (χ0n) is 18.4. The first-order valence-electron chi connectivity index (χ1n) is 10.8. The van der Waals surface area contributed by atoms with Crippen LogP contribution in [0.2, 0.25) is 0 Å². The normalized spacial score (nSPS) is 12.8. The molecule has 0 radical (unpaired) electrons. The lowest BCUT2D eigenvalue weighted by molar-refractivity contribution is 0.0756. The highest BCUT2D eigenvalue weighted by Crippen LogP contribution is 2.40. The van der Waals surface area contributed by atoms with Crippen LogP contribution in [0.4, 0.5) is 4.39 Å². The molecule has 0 spiro atoms. The molecule has 2 aromatic heterocycles. The number of rotatable bonds is 5. The number of carbonyl (C=O) groups is 2. The number of phenolic OH excluding ortho intramolecular Hbond substituents is 1. The van der Waals surface area contributed by atoms with Crippen LogP contribution in [0.15, 0.2) is 67.0 Å². The SMILES string of the molecule is CN(Cc1ccccn1)C(=O)c1c2c(c(O)c3ncccc13)C(=O)N(Cc1ccc(F)cc1)C2. The van der Waals surface area contributed by atoms with E-state index in [2.05, 4.69) is 9.97 Å². The van der Waals surface area contributed by atoms with Gasteiger partial charge in [0.25, 0.3) is 11.8 Å². The van der Waals surface area contributed by atoms with Crippen molar-refractivity contribution in [1.29, 1.82) is 0 Å². The molecule has 5 rings (SSSR count). The van der Waals surface area contributed by atoms with Gasteiger partial charge in [-0.15, -0.1) is 0 Å². The number of carbonyl (C=O) groups excluding carboxylic acids is 2. The van der Waals surface area contributed by atoms with E-state index in [1.165, 1.54) is 28.1 Å². The first-order chi connectivity index (χ1) is 16.4. The Bertz CT molecular complexity index is 1410. The van der Waals surface area contributed by atoms with Gasteiger partial charge >= 0.3 is 0 Å². The zero-order chi connectivity index (χ0) is 23.8. The molecule has 4 aromatic rings. The summed E-state index contributed by atoms with van der Waals surface area (Å²) in [5.74, 6) is -1.29. The third-order valence-electron chi connectivity index (χ3n) is 5.96. The number of amides is 2. The zero-order valence-corrected chi connectivity index (χ0v) is 18.4. The summed E-state index contributed by atoms with van der Waals surface area (Å²) in [6, 6.07) is 14.8. The third kappa shape index (κ3) is 3.73. The quantitative estimate of drug-likeness (QED) is 0.492. The number of aromatic hydroxyl groups is 1. The fourth-order valence-electron chi connectivity index (χ4n) is 4.33. The topological polar surface area (TPSA) is 86.6 Å². The average molecular weight is 456 g/mol. The molecule has 0 bridgehead atoms. The van der Waals surface area contributed by atoms with Crippen molar-refractivity contribution in [3.05, 3.63) is 101 Å². The Labute approximate surface area is 195 Å². The number of fused-ring (bicyclic) bond motifs is 2. The highest BCUT2D eigenvalue weighted by molar-refractivity contribution is 6.15. The maximum atomic E-state index is 13.7. The molecule has 0 fully saturated rings. The molecule has 0 saturated carbocycles. The fraction of sp³-hybridized carbons (Fsp3) is 0.154. The summed E-state index contributed by atoms with van der Waals surface area (Å²) < 4.78 is 13.3. The van der Waals surface area contributed by atoms with Crippen molar-refractivity contribution in [3.63, 3.8) is 0 Å². The van der Waals surface area contributed by atoms with E-state index in [0.29, 0.717) is 16.5 Å². The molecule has 170 valence electrons. The Kier molecular flexibility index (Phi) is 5.41. The first-order valence-corrected chi connectivity index (χ1v) is 10.8. The van der Waals surface area contributed by atoms with E-state index in [9.17, 15) is 19.1 Å². The molecule has 2 amide bonds. The van der Waals surface area contributed by atoms with Gasteiger partial charge in [-0.25, -0.2) is 4.39 Å². The molecule has 2 aromatic carbocycles. The summed E-state index contributed by atoms with van der Waals surface area (Å²) in [7, 11) is 1.67. The Morgan fingerprint density at radius 3 is 2.59 bits per heavy atom. The maximum absolute atomic E-state index is 13.7. The van der Waals surface area contributed by atoms with Gasteiger partial charge in [-0.1, -0.05) is 24.3 Å². The molecule has 7 nitrogen and oxygen atoms in total. The van der Waals surface area contributed by atoms with Gasteiger partial charge in [0.1, 0.15) is 11.3 Å². The maximum Gasteiger partial charge on any atom is 0.258 e. The van der Waals surface area contributed by atoms with E-state index >= 15 is 0 Å². The van der Waals surface area contributed by atoms with E-state index in [1.54, 1.807) is 43.6 Å². The number of nitrogens with zero attached hydrogens (tertiary/aromatic N) is 4. The molecule has 8 heteroatoms. The van der Waals surface area contributed by atoms with Gasteiger partial charge in [0.15, 0.2) is 5.75 Å². The molecule has 3 heterocycles. The van der Waals surface area contributed by atoms with Crippen LogP contribution in [0.1, 0.15) is 37.5 Å². The minimum Gasteiger partial charge on any atom is -0.505 e. The predicted molar refractivity (Wildman–Crippen MR) is 123 cm³/mol. The summed E-state index contributed by atoms with van der Waals surface area (Å²) in [5, 5.41) is 11.4. The summed E-state index contributed by atoms with van der Waals surface area (Å²) >= 11 is 0. The van der Waals surface area contributed by atoms with Gasteiger partial charge in [0.2, 0.25) is 0 Å². The van der Waals surface area contributed by atoms with Crippen LogP contribution in [-0.2, 0) is 19.6 Å². The number of hydrogen-bond acceptors (Lipinski definition) is 5.